The van der Waals surface area contributed by atoms with Crippen molar-refractivity contribution in [3.63, 3.8) is 0 Å². The molecule has 2 amide bonds. The molecule has 0 unspecified atom stereocenters. The first-order valence-electron chi connectivity index (χ1n) is 8.66. The highest BCUT2D eigenvalue weighted by molar-refractivity contribution is 7.08. The molecule has 0 aliphatic heterocycles. The van der Waals surface area contributed by atoms with Crippen LogP contribution in [-0.2, 0) is 11.0 Å². The minimum Gasteiger partial charge on any atom is -0.352 e. The number of aromatic nitrogens is 2. The Morgan fingerprint density at radius 1 is 1.21 bits per heavy atom. The van der Waals surface area contributed by atoms with E-state index in [0.717, 1.165) is 12.1 Å². The molecule has 10 heteroatoms. The average Bonchev–Trinajstić information content (AvgIpc) is 3.38. The number of hydrogen-bond donors (Lipinski definition) is 2. The Balaban J connectivity index is 1.62. The van der Waals surface area contributed by atoms with Gasteiger partial charge in [0.25, 0.3) is 5.91 Å². The maximum atomic E-state index is 13.0. The Hall–Kier alpha value is -3.14. The van der Waals surface area contributed by atoms with E-state index in [4.69, 9.17) is 0 Å². The van der Waals surface area contributed by atoms with E-state index in [0.29, 0.717) is 17.7 Å². The lowest BCUT2D eigenvalue weighted by atomic mass is 10.1. The van der Waals surface area contributed by atoms with Gasteiger partial charge in [0.2, 0.25) is 5.91 Å². The van der Waals surface area contributed by atoms with Gasteiger partial charge in [0, 0.05) is 36.3 Å². The van der Waals surface area contributed by atoms with Crippen molar-refractivity contribution < 1.29 is 22.8 Å². The second-order valence-corrected chi connectivity index (χ2v) is 6.88. The molecule has 1 aromatic carbocycles. The summed E-state index contributed by atoms with van der Waals surface area (Å²) in [7, 11) is 0. The molecule has 0 aliphatic carbocycles. The standard InChI is InChI=1S/C19H17F3N4O2S/c20-19(21,22)14-4-5-16(26-9-2-8-24-26)15(11-14)25-17(27)3-1-7-23-18(28)13-6-10-29-12-13/h2,4-6,8-12H,1,3,7H2,(H,23,28)(H,25,27). The number of carbonyl (C=O) groups is 2. The quantitative estimate of drug-likeness (QED) is 0.563. The van der Waals surface area contributed by atoms with Gasteiger partial charge in [-0.25, -0.2) is 4.68 Å². The van der Waals surface area contributed by atoms with Gasteiger partial charge >= 0.3 is 6.18 Å². The molecule has 29 heavy (non-hydrogen) atoms. The minimum atomic E-state index is -4.53. The highest BCUT2D eigenvalue weighted by atomic mass is 32.1. The molecule has 3 aromatic rings. The number of thiophene rings is 1. The van der Waals surface area contributed by atoms with Crippen molar-refractivity contribution >= 4 is 28.8 Å². The maximum absolute atomic E-state index is 13.0. The molecule has 0 spiro atoms. The zero-order valence-electron chi connectivity index (χ0n) is 15.1. The number of benzene rings is 1. The van der Waals surface area contributed by atoms with Crippen LogP contribution in [0.15, 0.2) is 53.5 Å². The second kappa shape index (κ2) is 8.91. The number of nitrogens with zero attached hydrogens (tertiary/aromatic N) is 2. The number of alkyl halides is 3. The summed E-state index contributed by atoms with van der Waals surface area (Å²) in [5.41, 5.74) is 0.0111. The van der Waals surface area contributed by atoms with Crippen LogP contribution < -0.4 is 10.6 Å². The fourth-order valence-electron chi connectivity index (χ4n) is 2.58. The van der Waals surface area contributed by atoms with Crippen LogP contribution in [0.2, 0.25) is 0 Å². The van der Waals surface area contributed by atoms with E-state index in [1.807, 2.05) is 0 Å². The van der Waals surface area contributed by atoms with Crippen LogP contribution in [0.1, 0.15) is 28.8 Å². The van der Waals surface area contributed by atoms with E-state index < -0.39 is 17.6 Å². The lowest BCUT2D eigenvalue weighted by Gasteiger charge is -2.14. The molecule has 0 bridgehead atoms. The molecule has 0 aliphatic rings. The summed E-state index contributed by atoms with van der Waals surface area (Å²) in [4.78, 5) is 24.1. The highest BCUT2D eigenvalue weighted by Gasteiger charge is 2.31. The molecule has 0 saturated heterocycles. The Bertz CT molecular complexity index is 970. The fraction of sp³-hybridized carbons (Fsp3) is 0.211. The Labute approximate surface area is 168 Å². The summed E-state index contributed by atoms with van der Waals surface area (Å²) in [5, 5.41) is 12.7. The molecule has 152 valence electrons. The van der Waals surface area contributed by atoms with Gasteiger partial charge in [-0.1, -0.05) is 0 Å². The van der Waals surface area contributed by atoms with E-state index in [-0.39, 0.29) is 24.6 Å². The van der Waals surface area contributed by atoms with Gasteiger partial charge in [0.15, 0.2) is 0 Å². The summed E-state index contributed by atoms with van der Waals surface area (Å²) in [6.07, 6.45) is -1.10. The summed E-state index contributed by atoms with van der Waals surface area (Å²) in [6.45, 7) is 0.275. The SMILES string of the molecule is O=C(CCCNC(=O)c1ccsc1)Nc1cc(C(F)(F)F)ccc1-n1cccn1. The Kier molecular flexibility index (Phi) is 6.32. The lowest BCUT2D eigenvalue weighted by Crippen LogP contribution is -2.25. The van der Waals surface area contributed by atoms with Crippen LogP contribution in [0, 0.1) is 0 Å². The third-order valence-corrected chi connectivity index (χ3v) is 4.68. The van der Waals surface area contributed by atoms with E-state index in [2.05, 4.69) is 15.7 Å². The number of hydrogen-bond acceptors (Lipinski definition) is 4. The van der Waals surface area contributed by atoms with Crippen molar-refractivity contribution in [2.75, 3.05) is 11.9 Å². The van der Waals surface area contributed by atoms with Crippen molar-refractivity contribution in [2.24, 2.45) is 0 Å². The topological polar surface area (TPSA) is 76.0 Å². The van der Waals surface area contributed by atoms with Crippen LogP contribution in [0.25, 0.3) is 5.69 Å². The van der Waals surface area contributed by atoms with Crippen molar-refractivity contribution in [3.8, 4) is 5.69 Å². The molecule has 0 fully saturated rings. The van der Waals surface area contributed by atoms with E-state index >= 15 is 0 Å². The van der Waals surface area contributed by atoms with Crippen molar-refractivity contribution in [1.82, 2.24) is 15.1 Å². The first-order chi connectivity index (χ1) is 13.8. The molecule has 0 atom stereocenters. The number of nitrogens with one attached hydrogen (secondary N) is 2. The van der Waals surface area contributed by atoms with Crippen molar-refractivity contribution in [3.05, 3.63) is 64.6 Å². The predicted octanol–water partition coefficient (Wildman–Crippen LogP) is 4.10. The lowest BCUT2D eigenvalue weighted by molar-refractivity contribution is -0.137. The average molecular weight is 422 g/mol. The number of halogens is 3. The Morgan fingerprint density at radius 3 is 2.69 bits per heavy atom. The van der Waals surface area contributed by atoms with Crippen LogP contribution >= 0.6 is 11.3 Å². The first-order valence-corrected chi connectivity index (χ1v) is 9.60. The van der Waals surface area contributed by atoms with Gasteiger partial charge in [0.1, 0.15) is 0 Å². The largest absolute Gasteiger partial charge is 0.416 e. The molecule has 0 radical (unpaired) electrons. The smallest absolute Gasteiger partial charge is 0.352 e. The normalized spacial score (nSPS) is 11.3. The van der Waals surface area contributed by atoms with E-state index in [9.17, 15) is 22.8 Å². The van der Waals surface area contributed by atoms with E-state index in [1.54, 1.807) is 29.1 Å². The number of carbonyl (C=O) groups excluding carboxylic acids is 2. The summed E-state index contributed by atoms with van der Waals surface area (Å²) in [6, 6.07) is 6.39. The van der Waals surface area contributed by atoms with Crippen LogP contribution in [-0.4, -0.2) is 28.1 Å². The van der Waals surface area contributed by atoms with Gasteiger partial charge in [-0.3, -0.25) is 9.59 Å². The number of amides is 2. The molecule has 2 aromatic heterocycles. The fourth-order valence-corrected chi connectivity index (χ4v) is 3.22. The Morgan fingerprint density at radius 2 is 2.03 bits per heavy atom. The molecule has 2 N–H and O–H groups in total. The first kappa shape index (κ1) is 20.6. The third kappa shape index (κ3) is 5.44. The monoisotopic (exact) mass is 422 g/mol. The van der Waals surface area contributed by atoms with Crippen molar-refractivity contribution in [1.29, 1.82) is 0 Å². The van der Waals surface area contributed by atoms with Gasteiger partial charge < -0.3 is 10.6 Å². The van der Waals surface area contributed by atoms with Crippen molar-refractivity contribution in [2.45, 2.75) is 19.0 Å². The molecular weight excluding hydrogens is 405 g/mol. The van der Waals surface area contributed by atoms with Gasteiger partial charge in [0.05, 0.1) is 16.9 Å². The predicted molar refractivity (Wildman–Crippen MR) is 103 cm³/mol. The molecule has 2 heterocycles. The molecular formula is C19H17F3N4O2S. The summed E-state index contributed by atoms with van der Waals surface area (Å²) < 4.78 is 40.5. The van der Waals surface area contributed by atoms with Crippen LogP contribution in [0.4, 0.5) is 18.9 Å². The number of rotatable bonds is 7. The molecule has 3 rings (SSSR count). The zero-order chi connectivity index (χ0) is 20.9. The van der Waals surface area contributed by atoms with Crippen LogP contribution in [0.5, 0.6) is 0 Å². The van der Waals surface area contributed by atoms with Crippen LogP contribution in [0.3, 0.4) is 0 Å². The zero-order valence-corrected chi connectivity index (χ0v) is 15.9. The summed E-state index contributed by atoms with van der Waals surface area (Å²) >= 11 is 1.40. The van der Waals surface area contributed by atoms with Gasteiger partial charge in [-0.15, -0.1) is 0 Å². The van der Waals surface area contributed by atoms with E-state index in [1.165, 1.54) is 28.3 Å². The third-order valence-electron chi connectivity index (χ3n) is 4.00. The molecule has 6 nitrogen and oxygen atoms in total. The second-order valence-electron chi connectivity index (χ2n) is 6.10. The maximum Gasteiger partial charge on any atom is 0.416 e. The molecule has 0 saturated carbocycles. The highest BCUT2D eigenvalue weighted by Crippen LogP contribution is 2.33. The number of anilines is 1. The minimum absolute atomic E-state index is 0.0100. The van der Waals surface area contributed by atoms with Gasteiger partial charge in [-0.05, 0) is 42.1 Å². The summed E-state index contributed by atoms with van der Waals surface area (Å²) in [5.74, 6) is -0.687. The van der Waals surface area contributed by atoms with Gasteiger partial charge in [-0.2, -0.15) is 29.6 Å².